The Labute approximate surface area is 176 Å². The Morgan fingerprint density at radius 2 is 1.83 bits per heavy atom. The number of thiocarbonyl (C=S) groups is 1. The van der Waals surface area contributed by atoms with Crippen LogP contribution in [0.15, 0.2) is 70.0 Å². The molecule has 1 aromatic heterocycles. The molecule has 1 aliphatic rings. The van der Waals surface area contributed by atoms with Gasteiger partial charge in [-0.05, 0) is 37.3 Å². The number of thioether (sulfide) groups is 1. The molecule has 0 aliphatic carbocycles. The Kier molecular flexibility index (Phi) is 5.08. The van der Waals surface area contributed by atoms with Gasteiger partial charge >= 0.3 is 5.97 Å². The van der Waals surface area contributed by atoms with Crippen molar-refractivity contribution in [3.63, 3.8) is 0 Å². The van der Waals surface area contributed by atoms with Crippen LogP contribution in [0.1, 0.15) is 21.7 Å². The quantitative estimate of drug-likeness (QED) is 0.452. The van der Waals surface area contributed by atoms with E-state index in [0.29, 0.717) is 26.3 Å². The minimum absolute atomic E-state index is 0.152. The average Bonchev–Trinajstić information content (AvgIpc) is 3.27. The van der Waals surface area contributed by atoms with E-state index in [2.05, 4.69) is 0 Å². The number of amides is 1. The maximum Gasteiger partial charge on any atom is 0.336 e. The second-order valence-electron chi connectivity index (χ2n) is 6.41. The van der Waals surface area contributed by atoms with Crippen molar-refractivity contribution in [3.8, 4) is 11.3 Å². The van der Waals surface area contributed by atoms with Crippen LogP contribution in [0.4, 0.5) is 5.69 Å². The van der Waals surface area contributed by atoms with Crippen LogP contribution in [0.3, 0.4) is 0 Å². The van der Waals surface area contributed by atoms with Gasteiger partial charge in [0.05, 0.1) is 16.2 Å². The third-order valence-electron chi connectivity index (χ3n) is 4.41. The summed E-state index contributed by atoms with van der Waals surface area (Å²) in [6.45, 7) is 1.98. The van der Waals surface area contributed by atoms with Gasteiger partial charge in [0.15, 0.2) is 4.32 Å². The molecule has 0 atom stereocenters. The lowest BCUT2D eigenvalue weighted by Gasteiger charge is -2.14. The van der Waals surface area contributed by atoms with E-state index in [1.807, 2.05) is 31.2 Å². The Balaban J connectivity index is 1.63. The lowest BCUT2D eigenvalue weighted by atomic mass is 10.1. The van der Waals surface area contributed by atoms with E-state index in [-0.39, 0.29) is 11.5 Å². The zero-order chi connectivity index (χ0) is 20.5. The molecule has 5 nitrogen and oxygen atoms in total. The lowest BCUT2D eigenvalue weighted by molar-refractivity contribution is -0.113. The second kappa shape index (κ2) is 7.69. The topological polar surface area (TPSA) is 70.8 Å². The number of benzene rings is 2. The van der Waals surface area contributed by atoms with Crippen molar-refractivity contribution in [2.24, 2.45) is 0 Å². The number of carbonyl (C=O) groups is 2. The molecule has 0 radical (unpaired) electrons. The molecule has 1 N–H and O–H groups in total. The van der Waals surface area contributed by atoms with Crippen molar-refractivity contribution >= 4 is 51.9 Å². The molecule has 0 spiro atoms. The normalized spacial score (nSPS) is 15.3. The maximum absolute atomic E-state index is 12.9. The first-order chi connectivity index (χ1) is 13.9. The number of carboxylic acid groups (broad SMARTS) is 1. The Morgan fingerprint density at radius 3 is 2.55 bits per heavy atom. The summed E-state index contributed by atoms with van der Waals surface area (Å²) in [6, 6.07) is 17.6. The van der Waals surface area contributed by atoms with Gasteiger partial charge in [-0.15, -0.1) is 0 Å². The van der Waals surface area contributed by atoms with Gasteiger partial charge < -0.3 is 9.52 Å². The van der Waals surface area contributed by atoms with Crippen molar-refractivity contribution in [1.29, 1.82) is 0 Å². The van der Waals surface area contributed by atoms with Gasteiger partial charge in [0.1, 0.15) is 11.5 Å². The van der Waals surface area contributed by atoms with Crippen LogP contribution in [-0.4, -0.2) is 21.3 Å². The van der Waals surface area contributed by atoms with E-state index in [9.17, 15) is 14.7 Å². The summed E-state index contributed by atoms with van der Waals surface area (Å²) in [5, 5.41) is 9.36. The highest BCUT2D eigenvalue weighted by atomic mass is 32.2. The van der Waals surface area contributed by atoms with Crippen molar-refractivity contribution in [3.05, 3.63) is 82.5 Å². The van der Waals surface area contributed by atoms with E-state index in [1.54, 1.807) is 36.4 Å². The van der Waals surface area contributed by atoms with Gasteiger partial charge in [-0.2, -0.15) is 0 Å². The van der Waals surface area contributed by atoms with Crippen LogP contribution in [-0.2, 0) is 4.79 Å². The van der Waals surface area contributed by atoms with E-state index < -0.39 is 5.97 Å². The molecule has 7 heteroatoms. The number of hydrogen-bond acceptors (Lipinski definition) is 5. The third kappa shape index (κ3) is 3.74. The van der Waals surface area contributed by atoms with Gasteiger partial charge in [-0.1, -0.05) is 59.9 Å². The molecule has 1 fully saturated rings. The van der Waals surface area contributed by atoms with E-state index in [0.717, 1.165) is 11.3 Å². The van der Waals surface area contributed by atoms with Crippen LogP contribution < -0.4 is 4.90 Å². The van der Waals surface area contributed by atoms with Gasteiger partial charge in [-0.25, -0.2) is 4.79 Å². The van der Waals surface area contributed by atoms with E-state index >= 15 is 0 Å². The average molecular weight is 421 g/mol. The molecule has 2 heterocycles. The number of hydrogen-bond donors (Lipinski definition) is 1. The van der Waals surface area contributed by atoms with Crippen LogP contribution >= 0.6 is 24.0 Å². The smallest absolute Gasteiger partial charge is 0.336 e. The minimum Gasteiger partial charge on any atom is -0.478 e. The van der Waals surface area contributed by atoms with Crippen LogP contribution in [0.2, 0.25) is 0 Å². The number of anilines is 1. The van der Waals surface area contributed by atoms with Crippen LogP contribution in [0, 0.1) is 6.92 Å². The number of furan rings is 1. The first kappa shape index (κ1) is 19.2. The maximum atomic E-state index is 12.9. The molecule has 0 bridgehead atoms. The highest BCUT2D eigenvalue weighted by Crippen LogP contribution is 2.37. The molecule has 1 amide bonds. The Morgan fingerprint density at radius 1 is 1.10 bits per heavy atom. The number of aryl methyl sites for hydroxylation is 1. The highest BCUT2D eigenvalue weighted by molar-refractivity contribution is 8.27. The predicted molar refractivity (Wildman–Crippen MR) is 118 cm³/mol. The Hall–Kier alpha value is -3.16. The van der Waals surface area contributed by atoms with Crippen molar-refractivity contribution < 1.29 is 19.1 Å². The number of carboxylic acids is 1. The van der Waals surface area contributed by atoms with Gasteiger partial charge in [0.2, 0.25) is 0 Å². The summed E-state index contributed by atoms with van der Waals surface area (Å²) in [6.07, 6.45) is 1.63. The monoisotopic (exact) mass is 421 g/mol. The number of nitrogens with zero attached hydrogens (tertiary/aromatic N) is 1. The molecule has 1 aliphatic heterocycles. The molecular formula is C22H15NO4S2. The van der Waals surface area contributed by atoms with E-state index in [1.165, 1.54) is 22.7 Å². The number of aromatic carboxylic acids is 1. The van der Waals surface area contributed by atoms with E-state index in [4.69, 9.17) is 16.6 Å². The molecule has 1 saturated heterocycles. The van der Waals surface area contributed by atoms with Gasteiger partial charge in [-0.3, -0.25) is 9.69 Å². The SMILES string of the molecule is Cc1ccc(N2C(=O)/C(=C\c3ccc(-c4ccccc4C(=O)O)o3)SC2=S)cc1. The zero-order valence-electron chi connectivity index (χ0n) is 15.3. The fraction of sp³-hybridized carbons (Fsp3) is 0.0455. The summed E-state index contributed by atoms with van der Waals surface area (Å²) in [7, 11) is 0. The molecule has 3 aromatic rings. The summed E-state index contributed by atoms with van der Waals surface area (Å²) >= 11 is 6.59. The van der Waals surface area contributed by atoms with Crippen LogP contribution in [0.5, 0.6) is 0 Å². The molecule has 144 valence electrons. The molecule has 29 heavy (non-hydrogen) atoms. The molecule has 0 unspecified atom stereocenters. The zero-order valence-corrected chi connectivity index (χ0v) is 16.9. The van der Waals surface area contributed by atoms with Gasteiger partial charge in [0, 0.05) is 11.6 Å². The predicted octanol–water partition coefficient (Wildman–Crippen LogP) is 5.36. The first-order valence-corrected chi connectivity index (χ1v) is 9.93. The standard InChI is InChI=1S/C22H15NO4S2/c1-13-6-8-14(9-7-13)23-20(24)19(29-22(23)28)12-15-10-11-18(27-15)16-4-2-3-5-17(16)21(25)26/h2-12H,1H3,(H,25,26)/b19-12+. The summed E-state index contributed by atoms with van der Waals surface area (Å²) in [5.74, 6) is -0.377. The molecule has 2 aromatic carbocycles. The fourth-order valence-electron chi connectivity index (χ4n) is 2.97. The lowest BCUT2D eigenvalue weighted by Crippen LogP contribution is -2.27. The first-order valence-electron chi connectivity index (χ1n) is 8.71. The molecule has 4 rings (SSSR count). The van der Waals surface area contributed by atoms with Crippen molar-refractivity contribution in [1.82, 2.24) is 0 Å². The fourth-order valence-corrected chi connectivity index (χ4v) is 4.25. The molecular weight excluding hydrogens is 406 g/mol. The summed E-state index contributed by atoms with van der Waals surface area (Å²) in [5.41, 5.74) is 2.45. The number of rotatable bonds is 4. The largest absolute Gasteiger partial charge is 0.478 e. The minimum atomic E-state index is -1.03. The summed E-state index contributed by atoms with van der Waals surface area (Å²) in [4.78, 5) is 26.2. The second-order valence-corrected chi connectivity index (χ2v) is 8.08. The number of carbonyl (C=O) groups excluding carboxylic acids is 1. The third-order valence-corrected chi connectivity index (χ3v) is 5.71. The van der Waals surface area contributed by atoms with Gasteiger partial charge in [0.25, 0.3) is 5.91 Å². The Bertz CT molecular complexity index is 1160. The van der Waals surface area contributed by atoms with Crippen molar-refractivity contribution in [2.45, 2.75) is 6.92 Å². The van der Waals surface area contributed by atoms with Crippen molar-refractivity contribution in [2.75, 3.05) is 4.90 Å². The molecule has 0 saturated carbocycles. The summed E-state index contributed by atoms with van der Waals surface area (Å²) < 4.78 is 6.25. The van der Waals surface area contributed by atoms with Crippen LogP contribution in [0.25, 0.3) is 17.4 Å². The highest BCUT2D eigenvalue weighted by Gasteiger charge is 2.33.